The van der Waals surface area contributed by atoms with Gasteiger partial charge in [0.05, 0.1) is 30.7 Å². The maximum Gasteiger partial charge on any atom is 0.357 e. The molecule has 3 aromatic rings. The van der Waals surface area contributed by atoms with E-state index in [9.17, 15) is 4.79 Å². The molecule has 1 saturated carbocycles. The van der Waals surface area contributed by atoms with Gasteiger partial charge in [0.25, 0.3) is 0 Å². The van der Waals surface area contributed by atoms with Crippen molar-refractivity contribution in [3.8, 4) is 5.88 Å². The summed E-state index contributed by atoms with van der Waals surface area (Å²) in [5.74, 6) is 0.650. The zero-order valence-corrected chi connectivity index (χ0v) is 15.6. The van der Waals surface area contributed by atoms with Gasteiger partial charge >= 0.3 is 5.97 Å². The summed E-state index contributed by atoms with van der Waals surface area (Å²) in [7, 11) is 0. The van der Waals surface area contributed by atoms with E-state index in [-0.39, 0.29) is 5.69 Å². The number of aromatic nitrogens is 4. The number of nitrogens with zero attached hydrogens (tertiary/aromatic N) is 4. The molecule has 1 aliphatic carbocycles. The lowest BCUT2D eigenvalue weighted by molar-refractivity contribution is 0.0522. The molecular formula is C19H19ClN4O3. The minimum absolute atomic E-state index is 0.264. The van der Waals surface area contributed by atoms with Crippen LogP contribution in [0.15, 0.2) is 30.7 Å². The topological polar surface area (TPSA) is 79.1 Å². The number of rotatable bonds is 7. The first-order valence-electron chi connectivity index (χ1n) is 8.90. The lowest BCUT2D eigenvalue weighted by atomic mass is 10.2. The van der Waals surface area contributed by atoms with Gasteiger partial charge in [-0.3, -0.25) is 4.68 Å². The minimum Gasteiger partial charge on any atom is -0.476 e. The van der Waals surface area contributed by atoms with Crippen LogP contribution in [0.1, 0.15) is 35.8 Å². The summed E-state index contributed by atoms with van der Waals surface area (Å²) in [5, 5.41) is 5.64. The van der Waals surface area contributed by atoms with Crippen LogP contribution in [0, 0.1) is 5.92 Å². The van der Waals surface area contributed by atoms with Crippen LogP contribution in [0.5, 0.6) is 5.88 Å². The highest BCUT2D eigenvalue weighted by Gasteiger charge is 2.22. The molecule has 4 rings (SSSR count). The monoisotopic (exact) mass is 386 g/mol. The zero-order chi connectivity index (χ0) is 18.8. The first kappa shape index (κ1) is 17.7. The SMILES string of the molecule is CCOC(=O)c1nccc2nn(Cc3cnc(OCC4CC4)c(Cl)c3)cc12. The molecule has 8 heteroatoms. The van der Waals surface area contributed by atoms with Gasteiger partial charge in [-0.2, -0.15) is 5.10 Å². The Kier molecular flexibility index (Phi) is 4.94. The molecule has 0 aliphatic heterocycles. The molecule has 1 fully saturated rings. The Hall–Kier alpha value is -2.67. The van der Waals surface area contributed by atoms with Crippen molar-refractivity contribution in [2.45, 2.75) is 26.3 Å². The van der Waals surface area contributed by atoms with Crippen LogP contribution in [0.4, 0.5) is 0 Å². The van der Waals surface area contributed by atoms with Crippen LogP contribution in [0.3, 0.4) is 0 Å². The summed E-state index contributed by atoms with van der Waals surface area (Å²) in [6.07, 6.45) is 7.48. The van der Waals surface area contributed by atoms with Gasteiger partial charge in [0.15, 0.2) is 5.69 Å². The van der Waals surface area contributed by atoms with Crippen molar-refractivity contribution in [2.24, 2.45) is 5.92 Å². The van der Waals surface area contributed by atoms with Crippen LogP contribution in [0.25, 0.3) is 10.9 Å². The summed E-state index contributed by atoms with van der Waals surface area (Å²) >= 11 is 6.29. The Morgan fingerprint density at radius 3 is 2.96 bits per heavy atom. The van der Waals surface area contributed by atoms with Crippen molar-refractivity contribution >= 4 is 28.5 Å². The predicted octanol–water partition coefficient (Wildman–Crippen LogP) is 3.49. The van der Waals surface area contributed by atoms with Gasteiger partial charge < -0.3 is 9.47 Å². The molecule has 0 aromatic carbocycles. The third-order valence-electron chi connectivity index (χ3n) is 4.31. The van der Waals surface area contributed by atoms with Crippen LogP contribution in [-0.2, 0) is 11.3 Å². The Balaban J connectivity index is 1.53. The van der Waals surface area contributed by atoms with Crippen molar-refractivity contribution in [2.75, 3.05) is 13.2 Å². The number of carbonyl (C=O) groups excluding carboxylic acids is 1. The number of hydrogen-bond acceptors (Lipinski definition) is 6. The largest absolute Gasteiger partial charge is 0.476 e. The quantitative estimate of drug-likeness (QED) is 0.578. The highest BCUT2D eigenvalue weighted by Crippen LogP contribution is 2.31. The molecule has 0 bridgehead atoms. The molecule has 7 nitrogen and oxygen atoms in total. The Morgan fingerprint density at radius 1 is 1.37 bits per heavy atom. The Bertz CT molecular complexity index is 984. The van der Waals surface area contributed by atoms with Gasteiger partial charge in [-0.25, -0.2) is 14.8 Å². The van der Waals surface area contributed by atoms with Crippen LogP contribution in [-0.4, -0.2) is 38.9 Å². The van der Waals surface area contributed by atoms with Gasteiger partial charge in [-0.05, 0) is 43.4 Å². The van der Waals surface area contributed by atoms with Crippen molar-refractivity contribution in [3.05, 3.63) is 47.0 Å². The third-order valence-corrected chi connectivity index (χ3v) is 4.58. The summed E-state index contributed by atoms with van der Waals surface area (Å²) in [5.41, 5.74) is 1.83. The van der Waals surface area contributed by atoms with Gasteiger partial charge in [-0.1, -0.05) is 11.6 Å². The number of esters is 1. The normalized spacial score (nSPS) is 13.7. The standard InChI is InChI=1S/C19H19ClN4O3/c1-2-26-19(25)17-14-10-24(23-16(14)5-6-21-17)9-13-7-15(20)18(22-8-13)27-11-12-3-4-12/h5-8,10,12H,2-4,9,11H2,1H3. The molecular weight excluding hydrogens is 368 g/mol. The molecule has 0 atom stereocenters. The summed E-state index contributed by atoms with van der Waals surface area (Å²) in [6.45, 7) is 3.19. The zero-order valence-electron chi connectivity index (χ0n) is 14.9. The predicted molar refractivity (Wildman–Crippen MR) is 100 cm³/mol. The molecule has 0 radical (unpaired) electrons. The number of pyridine rings is 2. The van der Waals surface area contributed by atoms with E-state index in [2.05, 4.69) is 15.1 Å². The van der Waals surface area contributed by atoms with E-state index in [0.29, 0.717) is 47.5 Å². The molecule has 0 amide bonds. The second-order valence-electron chi connectivity index (χ2n) is 6.52. The average molecular weight is 387 g/mol. The maximum absolute atomic E-state index is 12.1. The molecule has 0 spiro atoms. The smallest absolute Gasteiger partial charge is 0.357 e. The van der Waals surface area contributed by atoms with E-state index in [0.717, 1.165) is 5.56 Å². The molecule has 0 saturated heterocycles. The summed E-state index contributed by atoms with van der Waals surface area (Å²) < 4.78 is 12.4. The van der Waals surface area contributed by atoms with E-state index in [1.165, 1.54) is 12.8 Å². The second-order valence-corrected chi connectivity index (χ2v) is 6.93. The summed E-state index contributed by atoms with van der Waals surface area (Å²) in [4.78, 5) is 20.5. The fourth-order valence-corrected chi connectivity index (χ4v) is 3.01. The van der Waals surface area contributed by atoms with Crippen LogP contribution < -0.4 is 4.74 Å². The molecule has 3 aromatic heterocycles. The third kappa shape index (κ3) is 4.03. The molecule has 140 valence electrons. The maximum atomic E-state index is 12.1. The van der Waals surface area contributed by atoms with E-state index < -0.39 is 5.97 Å². The first-order chi connectivity index (χ1) is 13.1. The fourth-order valence-electron chi connectivity index (χ4n) is 2.76. The van der Waals surface area contributed by atoms with Crippen molar-refractivity contribution in [1.29, 1.82) is 0 Å². The lowest BCUT2D eigenvalue weighted by Gasteiger charge is -2.08. The molecule has 3 heterocycles. The molecule has 27 heavy (non-hydrogen) atoms. The fraction of sp³-hybridized carbons (Fsp3) is 0.368. The van der Waals surface area contributed by atoms with Gasteiger partial charge in [-0.15, -0.1) is 0 Å². The van der Waals surface area contributed by atoms with Gasteiger partial charge in [0.2, 0.25) is 5.88 Å². The van der Waals surface area contributed by atoms with Crippen LogP contribution >= 0.6 is 11.6 Å². The number of fused-ring (bicyclic) bond motifs is 1. The van der Waals surface area contributed by atoms with E-state index in [4.69, 9.17) is 21.1 Å². The van der Waals surface area contributed by atoms with E-state index in [1.807, 2.05) is 6.07 Å². The summed E-state index contributed by atoms with van der Waals surface area (Å²) in [6, 6.07) is 3.59. The van der Waals surface area contributed by atoms with Gasteiger partial charge in [0, 0.05) is 18.6 Å². The van der Waals surface area contributed by atoms with Crippen molar-refractivity contribution < 1.29 is 14.3 Å². The van der Waals surface area contributed by atoms with E-state index in [1.54, 1.807) is 36.3 Å². The van der Waals surface area contributed by atoms with Crippen molar-refractivity contribution in [3.63, 3.8) is 0 Å². The number of carbonyl (C=O) groups is 1. The molecule has 0 unspecified atom stereocenters. The Labute approximate surface area is 161 Å². The highest BCUT2D eigenvalue weighted by atomic mass is 35.5. The molecule has 1 aliphatic rings. The second kappa shape index (κ2) is 7.52. The number of hydrogen-bond donors (Lipinski definition) is 0. The Morgan fingerprint density at radius 2 is 2.22 bits per heavy atom. The van der Waals surface area contributed by atoms with Gasteiger partial charge in [0.1, 0.15) is 5.02 Å². The minimum atomic E-state index is -0.454. The number of ether oxygens (including phenoxy) is 2. The molecule has 0 N–H and O–H groups in total. The highest BCUT2D eigenvalue weighted by molar-refractivity contribution is 6.31. The lowest BCUT2D eigenvalue weighted by Crippen LogP contribution is -2.07. The van der Waals surface area contributed by atoms with Crippen molar-refractivity contribution in [1.82, 2.24) is 19.7 Å². The van der Waals surface area contributed by atoms with E-state index >= 15 is 0 Å². The average Bonchev–Trinajstić information content (AvgIpc) is 3.38. The van der Waals surface area contributed by atoms with Crippen LogP contribution in [0.2, 0.25) is 5.02 Å². The number of halogens is 1. The first-order valence-corrected chi connectivity index (χ1v) is 9.28.